The lowest BCUT2D eigenvalue weighted by Crippen LogP contribution is -2.23. The van der Waals surface area contributed by atoms with Crippen LogP contribution in [0.5, 0.6) is 5.75 Å². The first-order chi connectivity index (χ1) is 8.74. The van der Waals surface area contributed by atoms with Gasteiger partial charge in [0.2, 0.25) is 0 Å². The molecule has 1 heterocycles. The van der Waals surface area contributed by atoms with Gasteiger partial charge >= 0.3 is 0 Å². The molecule has 0 aromatic heterocycles. The molecule has 0 bridgehead atoms. The van der Waals surface area contributed by atoms with Crippen molar-refractivity contribution in [2.45, 2.75) is 6.10 Å². The average molecular weight is 308 g/mol. The topological polar surface area (TPSA) is 21.3 Å². The van der Waals surface area contributed by atoms with Crippen molar-refractivity contribution in [3.63, 3.8) is 0 Å². The Hall–Kier alpha value is -1.55. The van der Waals surface area contributed by atoms with E-state index in [2.05, 4.69) is 21.2 Å². The van der Waals surface area contributed by atoms with E-state index in [-0.39, 0.29) is 11.9 Å². The van der Waals surface area contributed by atoms with Crippen LogP contribution < -0.4 is 10.1 Å². The van der Waals surface area contributed by atoms with E-state index in [4.69, 9.17) is 4.74 Å². The number of anilines is 1. The molecule has 2 aromatic carbocycles. The molecule has 2 nitrogen and oxygen atoms in total. The van der Waals surface area contributed by atoms with Crippen molar-refractivity contribution >= 4 is 21.6 Å². The molecule has 0 spiro atoms. The number of ether oxygens (including phenoxy) is 1. The molecule has 0 fully saturated rings. The summed E-state index contributed by atoms with van der Waals surface area (Å²) in [5, 5.41) is 3.29. The maximum absolute atomic E-state index is 13.2. The van der Waals surface area contributed by atoms with Crippen LogP contribution in [0.15, 0.2) is 46.9 Å². The molecule has 1 atom stereocenters. The summed E-state index contributed by atoms with van der Waals surface area (Å²) in [5.41, 5.74) is 1.79. The largest absolute Gasteiger partial charge is 0.481 e. The molecular weight excluding hydrogens is 297 g/mol. The Labute approximate surface area is 113 Å². The molecule has 0 amide bonds. The minimum absolute atomic E-state index is 0.174. The zero-order valence-electron chi connectivity index (χ0n) is 9.49. The van der Waals surface area contributed by atoms with Gasteiger partial charge < -0.3 is 10.1 Å². The molecule has 18 heavy (non-hydrogen) atoms. The Kier molecular flexibility index (Phi) is 2.96. The van der Waals surface area contributed by atoms with Gasteiger partial charge in [-0.05, 0) is 45.8 Å². The third kappa shape index (κ3) is 2.08. The summed E-state index contributed by atoms with van der Waals surface area (Å²) in [6.07, 6.45) is -0.174. The Morgan fingerprint density at radius 1 is 1.22 bits per heavy atom. The number of hydrogen-bond acceptors (Lipinski definition) is 2. The molecule has 0 aliphatic carbocycles. The third-order valence-corrected chi connectivity index (χ3v) is 3.55. The van der Waals surface area contributed by atoms with E-state index in [0.717, 1.165) is 21.5 Å². The SMILES string of the molecule is Fc1cccc(C2CNc3cccc(Br)c3O2)c1. The fourth-order valence-corrected chi connectivity index (χ4v) is 2.51. The van der Waals surface area contributed by atoms with E-state index in [1.165, 1.54) is 12.1 Å². The zero-order valence-corrected chi connectivity index (χ0v) is 11.1. The second kappa shape index (κ2) is 4.61. The summed E-state index contributed by atoms with van der Waals surface area (Å²) in [4.78, 5) is 0. The second-order valence-corrected chi connectivity index (χ2v) is 5.01. The predicted molar refractivity (Wildman–Crippen MR) is 72.4 cm³/mol. The number of fused-ring (bicyclic) bond motifs is 1. The maximum atomic E-state index is 13.2. The minimum Gasteiger partial charge on any atom is -0.481 e. The molecule has 4 heteroatoms. The normalized spacial score (nSPS) is 17.6. The van der Waals surface area contributed by atoms with E-state index in [0.29, 0.717) is 6.54 Å². The van der Waals surface area contributed by atoms with E-state index >= 15 is 0 Å². The lowest BCUT2D eigenvalue weighted by molar-refractivity contribution is 0.208. The van der Waals surface area contributed by atoms with Gasteiger partial charge in [-0.1, -0.05) is 18.2 Å². The highest BCUT2D eigenvalue weighted by Crippen LogP contribution is 2.39. The molecule has 2 aromatic rings. The van der Waals surface area contributed by atoms with E-state index < -0.39 is 0 Å². The zero-order chi connectivity index (χ0) is 12.5. The molecule has 92 valence electrons. The number of benzene rings is 2. The molecule has 0 saturated heterocycles. The van der Waals surface area contributed by atoms with Gasteiger partial charge in [-0.15, -0.1) is 0 Å². The minimum atomic E-state index is -0.242. The van der Waals surface area contributed by atoms with E-state index in [1.807, 2.05) is 24.3 Å². The fourth-order valence-electron chi connectivity index (χ4n) is 2.05. The number of para-hydroxylation sites is 1. The van der Waals surface area contributed by atoms with Gasteiger partial charge in [0.15, 0.2) is 5.75 Å². The summed E-state index contributed by atoms with van der Waals surface area (Å²) >= 11 is 3.46. The second-order valence-electron chi connectivity index (χ2n) is 4.16. The molecule has 1 unspecified atom stereocenters. The Morgan fingerprint density at radius 3 is 2.89 bits per heavy atom. The molecular formula is C14H11BrFNO. The quantitative estimate of drug-likeness (QED) is 0.855. The van der Waals surface area contributed by atoms with Gasteiger partial charge in [-0.25, -0.2) is 4.39 Å². The van der Waals surface area contributed by atoms with Gasteiger partial charge in [-0.2, -0.15) is 0 Å². The smallest absolute Gasteiger partial charge is 0.157 e. The summed E-state index contributed by atoms with van der Waals surface area (Å²) in [5.74, 6) is 0.534. The summed E-state index contributed by atoms with van der Waals surface area (Å²) < 4.78 is 20.0. The van der Waals surface area contributed by atoms with Crippen LogP contribution in [-0.2, 0) is 0 Å². The van der Waals surface area contributed by atoms with Crippen LogP contribution in [0, 0.1) is 5.82 Å². The number of rotatable bonds is 1. The highest BCUT2D eigenvalue weighted by molar-refractivity contribution is 9.10. The fraction of sp³-hybridized carbons (Fsp3) is 0.143. The molecule has 1 aliphatic rings. The monoisotopic (exact) mass is 307 g/mol. The van der Waals surface area contributed by atoms with Gasteiger partial charge in [0, 0.05) is 0 Å². The number of nitrogens with one attached hydrogen (secondary N) is 1. The molecule has 1 N–H and O–H groups in total. The van der Waals surface area contributed by atoms with Gasteiger partial charge in [0.25, 0.3) is 0 Å². The molecule has 0 saturated carbocycles. The van der Waals surface area contributed by atoms with Crippen LogP contribution in [0.4, 0.5) is 10.1 Å². The number of hydrogen-bond donors (Lipinski definition) is 1. The van der Waals surface area contributed by atoms with Crippen molar-refractivity contribution < 1.29 is 9.13 Å². The first-order valence-corrected chi connectivity index (χ1v) is 6.48. The van der Waals surface area contributed by atoms with Crippen LogP contribution in [0.25, 0.3) is 0 Å². The van der Waals surface area contributed by atoms with Gasteiger partial charge in [0.1, 0.15) is 11.9 Å². The van der Waals surface area contributed by atoms with Crippen molar-refractivity contribution in [3.8, 4) is 5.75 Å². The van der Waals surface area contributed by atoms with Crippen LogP contribution in [0.3, 0.4) is 0 Å². The Bertz CT molecular complexity index is 588. The summed E-state index contributed by atoms with van der Waals surface area (Å²) in [7, 11) is 0. The third-order valence-electron chi connectivity index (χ3n) is 2.93. The lowest BCUT2D eigenvalue weighted by atomic mass is 10.1. The standard InChI is InChI=1S/C14H11BrFNO/c15-11-5-2-6-12-14(11)18-13(8-17-12)9-3-1-4-10(16)7-9/h1-7,13,17H,8H2. The van der Waals surface area contributed by atoms with Crippen molar-refractivity contribution in [1.29, 1.82) is 0 Å². The van der Waals surface area contributed by atoms with Gasteiger partial charge in [-0.3, -0.25) is 0 Å². The summed E-state index contributed by atoms with van der Waals surface area (Å²) in [6.45, 7) is 0.632. The lowest BCUT2D eigenvalue weighted by Gasteiger charge is -2.28. The summed E-state index contributed by atoms with van der Waals surface area (Å²) in [6, 6.07) is 12.3. The van der Waals surface area contributed by atoms with Crippen molar-refractivity contribution in [2.24, 2.45) is 0 Å². The predicted octanol–water partition coefficient (Wildman–Crippen LogP) is 4.13. The Balaban J connectivity index is 1.93. The van der Waals surface area contributed by atoms with Crippen LogP contribution in [0.2, 0.25) is 0 Å². The molecule has 1 aliphatic heterocycles. The van der Waals surface area contributed by atoms with Crippen LogP contribution in [0.1, 0.15) is 11.7 Å². The highest BCUT2D eigenvalue weighted by Gasteiger charge is 2.22. The van der Waals surface area contributed by atoms with Crippen molar-refractivity contribution in [2.75, 3.05) is 11.9 Å². The van der Waals surface area contributed by atoms with Crippen molar-refractivity contribution in [1.82, 2.24) is 0 Å². The average Bonchev–Trinajstić information content (AvgIpc) is 2.39. The maximum Gasteiger partial charge on any atom is 0.157 e. The highest BCUT2D eigenvalue weighted by atomic mass is 79.9. The van der Waals surface area contributed by atoms with Crippen molar-refractivity contribution in [3.05, 3.63) is 58.3 Å². The van der Waals surface area contributed by atoms with Crippen LogP contribution in [-0.4, -0.2) is 6.54 Å². The Morgan fingerprint density at radius 2 is 2.06 bits per heavy atom. The first-order valence-electron chi connectivity index (χ1n) is 5.68. The van der Waals surface area contributed by atoms with Crippen LogP contribution >= 0.6 is 15.9 Å². The first kappa shape index (κ1) is 11.5. The van der Waals surface area contributed by atoms with E-state index in [1.54, 1.807) is 6.07 Å². The van der Waals surface area contributed by atoms with Gasteiger partial charge in [0.05, 0.1) is 16.7 Å². The molecule has 0 radical (unpaired) electrons. The van der Waals surface area contributed by atoms with E-state index in [9.17, 15) is 4.39 Å². The molecule has 3 rings (SSSR count). The number of halogens is 2.